The number of hydrogen-bond acceptors (Lipinski definition) is 2. The largest absolute Gasteiger partial charge is 0.460 e. The van der Waals surface area contributed by atoms with Crippen molar-refractivity contribution in [2.45, 2.75) is 19.9 Å². The highest BCUT2D eigenvalue weighted by molar-refractivity contribution is 6.00. The third kappa shape index (κ3) is 2.86. The van der Waals surface area contributed by atoms with Gasteiger partial charge in [0.25, 0.3) is 5.65 Å². The van der Waals surface area contributed by atoms with E-state index >= 15 is 0 Å². The van der Waals surface area contributed by atoms with Crippen LogP contribution in [-0.4, -0.2) is 17.1 Å². The minimum atomic E-state index is -0.266. The molecule has 1 unspecified atom stereocenters. The first kappa shape index (κ1) is 20.2. The van der Waals surface area contributed by atoms with Crippen LogP contribution in [0.3, 0.4) is 0 Å². The molecule has 1 atom stereocenters. The number of pyridine rings is 1. The SMILES string of the molecule is CCOC(=O)c1c2c(cc3n(Cc4ccccc4)c4c([n+]13)CC=CC=4)=C1C=CC=C3C=CC=C2C31. The molecule has 0 saturated heterocycles. The predicted octanol–water partition coefficient (Wildman–Crippen LogP) is 3.57. The summed E-state index contributed by atoms with van der Waals surface area (Å²) in [5.41, 5.74) is 8.74. The lowest BCUT2D eigenvalue weighted by Crippen LogP contribution is -2.39. The second kappa shape index (κ2) is 7.67. The van der Waals surface area contributed by atoms with Crippen molar-refractivity contribution in [3.8, 4) is 0 Å². The molecule has 0 bridgehead atoms. The zero-order chi connectivity index (χ0) is 23.5. The third-order valence-corrected chi connectivity index (χ3v) is 7.40. The molecule has 2 heterocycles. The Bertz CT molecular complexity index is 1710. The fraction of sp³-hybridized carbons (Fsp3) is 0.161. The quantitative estimate of drug-likeness (QED) is 0.444. The number of allylic oxidation sites excluding steroid dienone is 10. The van der Waals surface area contributed by atoms with Gasteiger partial charge in [-0.3, -0.25) is 0 Å². The Morgan fingerprint density at radius 2 is 1.94 bits per heavy atom. The molecule has 0 N–H and O–H groups in total. The van der Waals surface area contributed by atoms with E-state index in [2.05, 4.69) is 94.0 Å². The van der Waals surface area contributed by atoms with Gasteiger partial charge < -0.3 is 4.74 Å². The van der Waals surface area contributed by atoms with E-state index in [0.717, 1.165) is 40.4 Å². The number of benzene rings is 1. The lowest BCUT2D eigenvalue weighted by atomic mass is 9.81. The third-order valence-electron chi connectivity index (χ3n) is 7.40. The van der Waals surface area contributed by atoms with Crippen molar-refractivity contribution in [1.29, 1.82) is 0 Å². The summed E-state index contributed by atoms with van der Waals surface area (Å²) in [5.74, 6) is -0.0945. The molecule has 0 radical (unpaired) electrons. The highest BCUT2D eigenvalue weighted by atomic mass is 16.5. The van der Waals surface area contributed by atoms with Crippen LogP contribution in [0.2, 0.25) is 0 Å². The van der Waals surface area contributed by atoms with Crippen LogP contribution in [0, 0.1) is 5.92 Å². The van der Waals surface area contributed by atoms with Crippen molar-refractivity contribution in [1.82, 2.24) is 4.57 Å². The van der Waals surface area contributed by atoms with Gasteiger partial charge in [-0.2, -0.15) is 4.40 Å². The standard InChI is InChI=1S/C31H25N2O2/c1-2-35-31(34)30-29-23-15-9-13-21-12-8-14-22(28(21)23)24(29)18-27-32(19-20-10-4-3-5-11-20)25-16-6-7-17-26(25)33(27)30/h3-16,18,28H,2,17,19H2,1H3/q+1. The molecule has 0 spiro atoms. The van der Waals surface area contributed by atoms with Gasteiger partial charge >= 0.3 is 5.97 Å². The highest BCUT2D eigenvalue weighted by Gasteiger charge is 2.40. The molecule has 0 aliphatic heterocycles. The first-order valence-electron chi connectivity index (χ1n) is 12.3. The van der Waals surface area contributed by atoms with Crippen molar-refractivity contribution in [2.75, 3.05) is 6.61 Å². The molecular formula is C31H25N2O2+. The summed E-state index contributed by atoms with van der Waals surface area (Å²) in [6.07, 6.45) is 20.1. The van der Waals surface area contributed by atoms with E-state index < -0.39 is 0 Å². The van der Waals surface area contributed by atoms with Gasteiger partial charge in [0.05, 0.1) is 6.61 Å². The molecule has 170 valence electrons. The minimum Gasteiger partial charge on any atom is -0.460 e. The number of carbonyl (C=O) groups is 1. The summed E-state index contributed by atoms with van der Waals surface area (Å²) in [5, 5.41) is 2.27. The molecule has 1 aromatic carbocycles. The van der Waals surface area contributed by atoms with Gasteiger partial charge in [-0.05, 0) is 40.5 Å². The molecule has 0 amide bonds. The van der Waals surface area contributed by atoms with E-state index in [-0.39, 0.29) is 11.9 Å². The molecule has 35 heavy (non-hydrogen) atoms. The first-order valence-corrected chi connectivity index (χ1v) is 12.3. The first-order chi connectivity index (χ1) is 17.3. The molecule has 2 aromatic heterocycles. The molecule has 4 heteroatoms. The number of fused-ring (bicyclic) bond motifs is 5. The lowest BCUT2D eigenvalue weighted by molar-refractivity contribution is -0.524. The molecular weight excluding hydrogens is 432 g/mol. The summed E-state index contributed by atoms with van der Waals surface area (Å²) < 4.78 is 10.2. The van der Waals surface area contributed by atoms with Crippen LogP contribution in [0.5, 0.6) is 0 Å². The van der Waals surface area contributed by atoms with E-state index in [1.165, 1.54) is 22.3 Å². The van der Waals surface area contributed by atoms with Crippen LogP contribution >= 0.6 is 0 Å². The van der Waals surface area contributed by atoms with Gasteiger partial charge in [0.15, 0.2) is 11.0 Å². The summed E-state index contributed by atoms with van der Waals surface area (Å²) >= 11 is 0. The normalized spacial score (nSPS) is 18.5. The van der Waals surface area contributed by atoms with Gasteiger partial charge in [-0.1, -0.05) is 78.9 Å². The summed E-state index contributed by atoms with van der Waals surface area (Å²) in [6, 6.07) is 12.8. The van der Waals surface area contributed by atoms with Crippen LogP contribution in [0.1, 0.15) is 34.2 Å². The van der Waals surface area contributed by atoms with Crippen molar-refractivity contribution < 1.29 is 13.9 Å². The predicted molar refractivity (Wildman–Crippen MR) is 137 cm³/mol. The molecule has 0 fully saturated rings. The topological polar surface area (TPSA) is 35.3 Å². The molecule has 0 saturated carbocycles. The number of rotatable bonds is 4. The van der Waals surface area contributed by atoms with E-state index in [1.807, 2.05) is 13.0 Å². The van der Waals surface area contributed by atoms with Gasteiger partial charge in [0, 0.05) is 24.0 Å². The average Bonchev–Trinajstić information content (AvgIpc) is 3.38. The monoisotopic (exact) mass is 457 g/mol. The van der Waals surface area contributed by atoms with Crippen molar-refractivity contribution in [3.05, 3.63) is 124 Å². The van der Waals surface area contributed by atoms with Gasteiger partial charge in [0.1, 0.15) is 6.54 Å². The highest BCUT2D eigenvalue weighted by Crippen LogP contribution is 2.44. The van der Waals surface area contributed by atoms with Crippen LogP contribution in [0.25, 0.3) is 22.9 Å². The Morgan fingerprint density at radius 1 is 1.09 bits per heavy atom. The second-order valence-electron chi connectivity index (χ2n) is 9.29. The van der Waals surface area contributed by atoms with E-state index in [9.17, 15) is 4.79 Å². The smallest absolute Gasteiger partial charge is 0.379 e. The van der Waals surface area contributed by atoms with Crippen molar-refractivity contribution in [3.63, 3.8) is 0 Å². The average molecular weight is 458 g/mol. The maximum Gasteiger partial charge on any atom is 0.379 e. The molecule has 4 nitrogen and oxygen atoms in total. The lowest BCUT2D eigenvalue weighted by Gasteiger charge is -2.22. The van der Waals surface area contributed by atoms with Crippen LogP contribution in [0.4, 0.5) is 0 Å². The fourth-order valence-electron chi connectivity index (χ4n) is 6.02. The number of aromatic nitrogens is 2. The number of hydrogen-bond donors (Lipinski definition) is 0. The molecule has 4 aliphatic rings. The van der Waals surface area contributed by atoms with Gasteiger partial charge in [0.2, 0.25) is 5.69 Å². The number of imidazole rings is 1. The Hall–Kier alpha value is -4.18. The van der Waals surface area contributed by atoms with Crippen LogP contribution in [0.15, 0.2) is 90.6 Å². The Kier molecular flexibility index (Phi) is 4.43. The Morgan fingerprint density at radius 3 is 2.80 bits per heavy atom. The van der Waals surface area contributed by atoms with E-state index in [4.69, 9.17) is 4.74 Å². The maximum atomic E-state index is 13.7. The van der Waals surface area contributed by atoms with Crippen molar-refractivity contribution in [2.24, 2.45) is 5.92 Å². The summed E-state index contributed by atoms with van der Waals surface area (Å²) in [7, 11) is 0. The zero-order valence-corrected chi connectivity index (χ0v) is 19.6. The van der Waals surface area contributed by atoms with Crippen molar-refractivity contribution >= 4 is 28.8 Å². The van der Waals surface area contributed by atoms with Crippen LogP contribution < -0.4 is 15.0 Å². The Balaban J connectivity index is 1.63. The fourth-order valence-corrected chi connectivity index (χ4v) is 6.02. The minimum absolute atomic E-state index is 0.171. The van der Waals surface area contributed by atoms with E-state index in [0.29, 0.717) is 12.3 Å². The second-order valence-corrected chi connectivity index (χ2v) is 9.29. The summed E-state index contributed by atoms with van der Waals surface area (Å²) in [6.45, 7) is 2.94. The van der Waals surface area contributed by atoms with Gasteiger partial charge in [-0.25, -0.2) is 9.36 Å². The zero-order valence-electron chi connectivity index (χ0n) is 19.6. The van der Waals surface area contributed by atoms with Gasteiger partial charge in [-0.15, -0.1) is 0 Å². The number of esters is 1. The molecule has 3 aromatic rings. The van der Waals surface area contributed by atoms with E-state index in [1.54, 1.807) is 0 Å². The van der Waals surface area contributed by atoms with Crippen LogP contribution in [-0.2, 0) is 17.7 Å². The number of nitrogens with zero attached hydrogens (tertiary/aromatic N) is 2. The molecule has 4 aliphatic carbocycles. The molecule has 7 rings (SSSR count). The number of carbonyl (C=O) groups excluding carboxylic acids is 1. The maximum absolute atomic E-state index is 13.7. The number of ether oxygens (including phenoxy) is 1. The Labute approximate surface area is 203 Å². The summed E-state index contributed by atoms with van der Waals surface area (Å²) in [4.78, 5) is 13.7.